The largest absolute Gasteiger partial charge is 0.508 e. The molecule has 0 saturated heterocycles. The van der Waals surface area contributed by atoms with Crippen LogP contribution in [0.25, 0.3) is 0 Å². The van der Waals surface area contributed by atoms with Gasteiger partial charge >= 0.3 is 5.97 Å². The molecule has 0 aliphatic rings. The maximum Gasteiger partial charge on any atom is 0.335 e. The molecule has 0 aliphatic carbocycles. The molecule has 1 amide bonds. The van der Waals surface area contributed by atoms with Gasteiger partial charge in [-0.1, -0.05) is 24.3 Å². The molecule has 6 nitrogen and oxygen atoms in total. The van der Waals surface area contributed by atoms with E-state index < -0.39 is 5.97 Å². The number of aromatic hydroxyl groups is 1. The molecule has 0 radical (unpaired) electrons. The number of phenols is 1. The minimum Gasteiger partial charge on any atom is -0.508 e. The lowest BCUT2D eigenvalue weighted by atomic mass is 10.1. The Morgan fingerprint density at radius 2 is 1.68 bits per heavy atom. The van der Waals surface area contributed by atoms with Crippen LogP contribution in [0.2, 0.25) is 0 Å². The fourth-order valence-corrected chi connectivity index (χ4v) is 1.73. The van der Waals surface area contributed by atoms with Gasteiger partial charge in [-0.3, -0.25) is 4.79 Å². The Morgan fingerprint density at radius 1 is 1.05 bits per heavy atom. The van der Waals surface area contributed by atoms with Crippen LogP contribution in [0.1, 0.15) is 21.5 Å². The van der Waals surface area contributed by atoms with E-state index in [1.807, 2.05) is 0 Å². The van der Waals surface area contributed by atoms with Crippen LogP contribution in [0.4, 0.5) is 0 Å². The number of hydrogen-bond acceptors (Lipinski definition) is 4. The molecular formula is C16H14N2O4. The molecule has 22 heavy (non-hydrogen) atoms. The van der Waals surface area contributed by atoms with Gasteiger partial charge in [0.25, 0.3) is 0 Å². The zero-order valence-corrected chi connectivity index (χ0v) is 11.6. The zero-order valence-electron chi connectivity index (χ0n) is 11.6. The number of aromatic carboxylic acids is 1. The molecule has 112 valence electrons. The average molecular weight is 298 g/mol. The Bertz CT molecular complexity index is 691. The zero-order chi connectivity index (χ0) is 15.9. The topological polar surface area (TPSA) is 99.0 Å². The van der Waals surface area contributed by atoms with Crippen molar-refractivity contribution in [3.05, 3.63) is 65.2 Å². The van der Waals surface area contributed by atoms with Gasteiger partial charge in [0, 0.05) is 0 Å². The first kappa shape index (κ1) is 15.2. The van der Waals surface area contributed by atoms with Gasteiger partial charge in [-0.05, 0) is 35.4 Å². The first-order valence-electron chi connectivity index (χ1n) is 6.48. The fourth-order valence-electron chi connectivity index (χ4n) is 1.73. The number of carboxylic acids is 1. The van der Waals surface area contributed by atoms with Gasteiger partial charge in [-0.25, -0.2) is 10.2 Å². The summed E-state index contributed by atoms with van der Waals surface area (Å²) in [4.78, 5) is 22.4. The molecule has 2 aromatic rings. The van der Waals surface area contributed by atoms with E-state index in [9.17, 15) is 9.59 Å². The van der Waals surface area contributed by atoms with Crippen molar-refractivity contribution in [2.24, 2.45) is 5.10 Å². The first-order valence-corrected chi connectivity index (χ1v) is 6.48. The standard InChI is InChI=1S/C16H14N2O4/c19-14-7-3-11(4-8-14)9-15(20)18-17-10-12-1-5-13(6-2-12)16(21)22/h1-8,10,19H,9H2,(H,18,20)(H,21,22)/b17-10-. The number of nitrogens with zero attached hydrogens (tertiary/aromatic N) is 1. The van der Waals surface area contributed by atoms with Crippen molar-refractivity contribution >= 4 is 18.1 Å². The average Bonchev–Trinajstić information content (AvgIpc) is 2.50. The Balaban J connectivity index is 1.87. The number of hydrogen-bond donors (Lipinski definition) is 3. The van der Waals surface area contributed by atoms with Crippen molar-refractivity contribution in [2.75, 3.05) is 0 Å². The molecule has 3 N–H and O–H groups in total. The number of carboxylic acid groups (broad SMARTS) is 1. The molecule has 0 atom stereocenters. The molecule has 6 heteroatoms. The number of rotatable bonds is 5. The lowest BCUT2D eigenvalue weighted by Gasteiger charge is -2.01. The third-order valence-corrected chi connectivity index (χ3v) is 2.86. The first-order chi connectivity index (χ1) is 10.5. The number of hydrazone groups is 1. The maximum absolute atomic E-state index is 11.7. The van der Waals surface area contributed by atoms with Crippen LogP contribution in [-0.4, -0.2) is 28.3 Å². The van der Waals surface area contributed by atoms with Crippen molar-refractivity contribution in [3.63, 3.8) is 0 Å². The summed E-state index contributed by atoms with van der Waals surface area (Å²) in [5.74, 6) is -1.14. The second-order valence-electron chi connectivity index (χ2n) is 4.56. The number of phenolic OH excluding ortho intramolecular Hbond substituents is 1. The summed E-state index contributed by atoms with van der Waals surface area (Å²) >= 11 is 0. The molecule has 0 aromatic heterocycles. The van der Waals surface area contributed by atoms with E-state index >= 15 is 0 Å². The van der Waals surface area contributed by atoms with Gasteiger partial charge in [0.2, 0.25) is 5.91 Å². The minimum absolute atomic E-state index is 0.145. The molecule has 0 heterocycles. The van der Waals surface area contributed by atoms with Gasteiger partial charge < -0.3 is 10.2 Å². The van der Waals surface area contributed by atoms with E-state index in [0.29, 0.717) is 5.56 Å². The van der Waals surface area contributed by atoms with Crippen molar-refractivity contribution in [1.29, 1.82) is 0 Å². The Hall–Kier alpha value is -3.15. The summed E-state index contributed by atoms with van der Waals surface area (Å²) in [6.45, 7) is 0. The summed E-state index contributed by atoms with van der Waals surface area (Å²) < 4.78 is 0. The highest BCUT2D eigenvalue weighted by Crippen LogP contribution is 2.09. The van der Waals surface area contributed by atoms with Crippen LogP contribution >= 0.6 is 0 Å². The SMILES string of the molecule is O=C(Cc1ccc(O)cc1)N/N=C\c1ccc(C(=O)O)cc1. The van der Waals surface area contributed by atoms with E-state index in [4.69, 9.17) is 10.2 Å². The van der Waals surface area contributed by atoms with Crippen LogP contribution in [0.3, 0.4) is 0 Å². The highest BCUT2D eigenvalue weighted by molar-refractivity contribution is 5.89. The van der Waals surface area contributed by atoms with Gasteiger partial charge in [0.05, 0.1) is 18.2 Å². The molecule has 2 aromatic carbocycles. The van der Waals surface area contributed by atoms with Gasteiger partial charge in [-0.2, -0.15) is 5.10 Å². The van der Waals surface area contributed by atoms with Crippen molar-refractivity contribution in [2.45, 2.75) is 6.42 Å². The van der Waals surface area contributed by atoms with Crippen LogP contribution in [0, 0.1) is 0 Å². The summed E-state index contributed by atoms with van der Waals surface area (Å²) in [6, 6.07) is 12.4. The van der Waals surface area contributed by atoms with E-state index in [1.54, 1.807) is 24.3 Å². The Labute approximate surface area is 126 Å². The maximum atomic E-state index is 11.7. The Kier molecular flexibility index (Phi) is 4.87. The number of carbonyl (C=O) groups is 2. The lowest BCUT2D eigenvalue weighted by molar-refractivity contribution is -0.120. The van der Waals surface area contributed by atoms with Crippen LogP contribution in [0.5, 0.6) is 5.75 Å². The molecule has 0 bridgehead atoms. The van der Waals surface area contributed by atoms with Gasteiger partial charge in [0.15, 0.2) is 0 Å². The monoisotopic (exact) mass is 298 g/mol. The molecule has 0 saturated carbocycles. The summed E-state index contributed by atoms with van der Waals surface area (Å²) in [5.41, 5.74) is 4.01. The summed E-state index contributed by atoms with van der Waals surface area (Å²) in [5, 5.41) is 21.7. The third-order valence-electron chi connectivity index (χ3n) is 2.86. The highest BCUT2D eigenvalue weighted by atomic mass is 16.4. The van der Waals surface area contributed by atoms with Gasteiger partial charge in [0.1, 0.15) is 5.75 Å². The van der Waals surface area contributed by atoms with E-state index in [0.717, 1.165) is 5.56 Å². The second-order valence-corrected chi connectivity index (χ2v) is 4.56. The van der Waals surface area contributed by atoms with Crippen LogP contribution in [0.15, 0.2) is 53.6 Å². The lowest BCUT2D eigenvalue weighted by Crippen LogP contribution is -2.19. The van der Waals surface area contributed by atoms with Crippen LogP contribution < -0.4 is 5.43 Å². The molecule has 2 rings (SSSR count). The predicted octanol–water partition coefficient (Wildman–Crippen LogP) is 1.78. The predicted molar refractivity (Wildman–Crippen MR) is 80.9 cm³/mol. The van der Waals surface area contributed by atoms with Crippen molar-refractivity contribution < 1.29 is 19.8 Å². The second kappa shape index (κ2) is 7.03. The smallest absolute Gasteiger partial charge is 0.335 e. The summed E-state index contributed by atoms with van der Waals surface area (Å²) in [6.07, 6.45) is 1.58. The number of amides is 1. The number of benzene rings is 2. The van der Waals surface area contributed by atoms with E-state index in [1.165, 1.54) is 30.5 Å². The normalized spacial score (nSPS) is 10.5. The van der Waals surface area contributed by atoms with Crippen molar-refractivity contribution in [1.82, 2.24) is 5.43 Å². The number of carbonyl (C=O) groups excluding carboxylic acids is 1. The molecule has 0 aliphatic heterocycles. The quantitative estimate of drug-likeness (QED) is 0.579. The van der Waals surface area contributed by atoms with Gasteiger partial charge in [-0.15, -0.1) is 0 Å². The van der Waals surface area contributed by atoms with E-state index in [-0.39, 0.29) is 23.6 Å². The Morgan fingerprint density at radius 3 is 2.27 bits per heavy atom. The fraction of sp³-hybridized carbons (Fsp3) is 0.0625. The minimum atomic E-state index is -0.995. The molecule has 0 unspecified atom stereocenters. The van der Waals surface area contributed by atoms with E-state index in [2.05, 4.69) is 10.5 Å². The molecule has 0 fully saturated rings. The molecular weight excluding hydrogens is 284 g/mol. The summed E-state index contributed by atoms with van der Waals surface area (Å²) in [7, 11) is 0. The van der Waals surface area contributed by atoms with Crippen molar-refractivity contribution in [3.8, 4) is 5.75 Å². The highest BCUT2D eigenvalue weighted by Gasteiger charge is 2.02. The molecule has 0 spiro atoms. The third kappa shape index (κ3) is 4.45. The van der Waals surface area contributed by atoms with Crippen LogP contribution in [-0.2, 0) is 11.2 Å². The number of nitrogens with one attached hydrogen (secondary N) is 1.